The summed E-state index contributed by atoms with van der Waals surface area (Å²) >= 11 is 0. The largest absolute Gasteiger partial charge is 0.285 e. The van der Waals surface area contributed by atoms with Gasteiger partial charge in [-0.3, -0.25) is 10.00 Å². The molecule has 5 rings (SSSR count). The Kier molecular flexibility index (Phi) is 5.11. The van der Waals surface area contributed by atoms with Crippen molar-refractivity contribution in [3.8, 4) is 0 Å². The SMILES string of the molecule is Cc1cccc(C2c3nnnn3CCN2C(c2ccccc2)c2c[nH]nc2C(C)C)c1. The zero-order valence-corrected chi connectivity index (χ0v) is 18.1. The lowest BCUT2D eigenvalue weighted by Crippen LogP contribution is -2.42. The van der Waals surface area contributed by atoms with Crippen molar-refractivity contribution in [1.82, 2.24) is 35.3 Å². The van der Waals surface area contributed by atoms with Crippen molar-refractivity contribution in [3.05, 3.63) is 94.6 Å². The predicted octanol–water partition coefficient (Wildman–Crippen LogP) is 4.02. The minimum absolute atomic E-state index is 0.0355. The Bertz CT molecular complexity index is 1160. The Balaban J connectivity index is 1.70. The van der Waals surface area contributed by atoms with E-state index in [1.54, 1.807) is 0 Å². The summed E-state index contributed by atoms with van der Waals surface area (Å²) in [5.74, 6) is 1.20. The number of nitrogens with zero attached hydrogens (tertiary/aromatic N) is 6. The second kappa shape index (κ2) is 8.07. The van der Waals surface area contributed by atoms with E-state index in [1.807, 2.05) is 4.68 Å². The third-order valence-electron chi connectivity index (χ3n) is 6.05. The van der Waals surface area contributed by atoms with Gasteiger partial charge in [-0.2, -0.15) is 5.10 Å². The normalized spacial score (nSPS) is 17.6. The number of H-pyrrole nitrogens is 1. The first-order valence-corrected chi connectivity index (χ1v) is 10.8. The van der Waals surface area contributed by atoms with Crippen LogP contribution < -0.4 is 0 Å². The highest BCUT2D eigenvalue weighted by Crippen LogP contribution is 2.41. The zero-order valence-electron chi connectivity index (χ0n) is 18.1. The molecule has 1 aliphatic heterocycles. The number of hydrogen-bond acceptors (Lipinski definition) is 5. The summed E-state index contributed by atoms with van der Waals surface area (Å²) in [6.07, 6.45) is 2.05. The standard InChI is InChI=1S/C24H27N7/c1-16(2)21-20(15-25-26-21)22(18-9-5-4-6-10-18)30-12-13-31-24(27-28-29-31)23(30)19-11-7-8-17(3)14-19/h4-11,14-16,22-23H,12-13H2,1-3H3,(H,25,26). The van der Waals surface area contributed by atoms with Gasteiger partial charge in [0, 0.05) is 18.3 Å². The molecule has 1 aliphatic rings. The maximum absolute atomic E-state index is 4.61. The van der Waals surface area contributed by atoms with Gasteiger partial charge < -0.3 is 0 Å². The van der Waals surface area contributed by atoms with Crippen molar-refractivity contribution in [2.45, 2.75) is 45.3 Å². The molecule has 4 aromatic rings. The van der Waals surface area contributed by atoms with Gasteiger partial charge >= 0.3 is 0 Å². The van der Waals surface area contributed by atoms with E-state index in [1.165, 1.54) is 22.3 Å². The average molecular weight is 414 g/mol. The van der Waals surface area contributed by atoms with Gasteiger partial charge in [-0.05, 0) is 34.4 Å². The number of fused-ring (bicyclic) bond motifs is 1. The molecule has 0 bridgehead atoms. The summed E-state index contributed by atoms with van der Waals surface area (Å²) in [6.45, 7) is 8.09. The highest BCUT2D eigenvalue weighted by Gasteiger charge is 2.38. The Morgan fingerprint density at radius 1 is 1.03 bits per heavy atom. The van der Waals surface area contributed by atoms with Crippen molar-refractivity contribution in [1.29, 1.82) is 0 Å². The van der Waals surface area contributed by atoms with E-state index in [4.69, 9.17) is 0 Å². The molecule has 2 atom stereocenters. The van der Waals surface area contributed by atoms with E-state index in [9.17, 15) is 0 Å². The number of benzene rings is 2. The lowest BCUT2D eigenvalue weighted by Gasteiger charge is -2.41. The van der Waals surface area contributed by atoms with E-state index in [-0.39, 0.29) is 12.1 Å². The lowest BCUT2D eigenvalue weighted by atomic mass is 9.90. The fourth-order valence-corrected chi connectivity index (χ4v) is 4.69. The smallest absolute Gasteiger partial charge is 0.173 e. The van der Waals surface area contributed by atoms with Crippen LogP contribution in [0.2, 0.25) is 0 Å². The number of rotatable bonds is 5. The van der Waals surface area contributed by atoms with Gasteiger partial charge in [-0.1, -0.05) is 74.0 Å². The lowest BCUT2D eigenvalue weighted by molar-refractivity contribution is 0.134. The van der Waals surface area contributed by atoms with Crippen molar-refractivity contribution < 1.29 is 0 Å². The molecule has 0 radical (unpaired) electrons. The molecule has 2 unspecified atom stereocenters. The Hall–Kier alpha value is -3.32. The van der Waals surface area contributed by atoms with Crippen LogP contribution in [0.1, 0.15) is 65.6 Å². The molecule has 0 spiro atoms. The third-order valence-corrected chi connectivity index (χ3v) is 6.05. The Morgan fingerprint density at radius 2 is 1.87 bits per heavy atom. The van der Waals surface area contributed by atoms with E-state index in [0.717, 1.165) is 24.6 Å². The van der Waals surface area contributed by atoms with Crippen LogP contribution in [-0.4, -0.2) is 41.8 Å². The average Bonchev–Trinajstić information content (AvgIpc) is 3.44. The molecular formula is C24H27N7. The molecule has 2 aromatic heterocycles. The minimum Gasteiger partial charge on any atom is -0.285 e. The van der Waals surface area contributed by atoms with Crippen molar-refractivity contribution in [2.24, 2.45) is 0 Å². The maximum Gasteiger partial charge on any atom is 0.173 e. The number of aryl methyl sites for hydroxylation is 1. The van der Waals surface area contributed by atoms with Gasteiger partial charge in [0.25, 0.3) is 0 Å². The minimum atomic E-state index is -0.0521. The van der Waals surface area contributed by atoms with Gasteiger partial charge in [-0.25, -0.2) is 4.68 Å². The molecular weight excluding hydrogens is 386 g/mol. The van der Waals surface area contributed by atoms with Crippen LogP contribution in [0, 0.1) is 6.92 Å². The number of nitrogens with one attached hydrogen (secondary N) is 1. The van der Waals surface area contributed by atoms with E-state index < -0.39 is 0 Å². The summed E-state index contributed by atoms with van der Waals surface area (Å²) in [5, 5.41) is 20.4. The molecule has 0 saturated carbocycles. The van der Waals surface area contributed by atoms with Crippen LogP contribution in [-0.2, 0) is 6.54 Å². The molecule has 7 heteroatoms. The zero-order chi connectivity index (χ0) is 21.4. The molecule has 158 valence electrons. The molecule has 2 aromatic carbocycles. The van der Waals surface area contributed by atoms with Crippen LogP contribution in [0.15, 0.2) is 60.8 Å². The summed E-state index contributed by atoms with van der Waals surface area (Å²) in [4.78, 5) is 2.52. The molecule has 0 aliphatic carbocycles. The summed E-state index contributed by atoms with van der Waals surface area (Å²) in [7, 11) is 0. The van der Waals surface area contributed by atoms with Crippen LogP contribution >= 0.6 is 0 Å². The molecule has 0 fully saturated rings. The molecule has 0 amide bonds. The third kappa shape index (κ3) is 3.55. The first-order chi connectivity index (χ1) is 15.1. The van der Waals surface area contributed by atoms with E-state index in [2.05, 4.69) is 112 Å². The first kappa shape index (κ1) is 19.6. The van der Waals surface area contributed by atoms with Crippen molar-refractivity contribution in [2.75, 3.05) is 6.54 Å². The number of hydrogen-bond donors (Lipinski definition) is 1. The molecule has 1 N–H and O–H groups in total. The maximum atomic E-state index is 4.61. The first-order valence-electron chi connectivity index (χ1n) is 10.8. The quantitative estimate of drug-likeness (QED) is 0.535. The molecule has 7 nitrogen and oxygen atoms in total. The highest BCUT2D eigenvalue weighted by atomic mass is 15.6. The van der Waals surface area contributed by atoms with E-state index in [0.29, 0.717) is 5.92 Å². The van der Waals surface area contributed by atoms with Crippen molar-refractivity contribution >= 4 is 0 Å². The predicted molar refractivity (Wildman–Crippen MR) is 119 cm³/mol. The highest BCUT2D eigenvalue weighted by molar-refractivity contribution is 5.37. The number of tetrazole rings is 1. The van der Waals surface area contributed by atoms with Gasteiger partial charge in [0.2, 0.25) is 0 Å². The Labute approximate surface area is 182 Å². The summed E-state index contributed by atoms with van der Waals surface area (Å²) in [5.41, 5.74) is 5.97. The molecule has 31 heavy (non-hydrogen) atoms. The summed E-state index contributed by atoms with van der Waals surface area (Å²) in [6, 6.07) is 19.3. The van der Waals surface area contributed by atoms with Gasteiger partial charge in [0.15, 0.2) is 5.82 Å². The van der Waals surface area contributed by atoms with E-state index >= 15 is 0 Å². The molecule has 3 heterocycles. The topological polar surface area (TPSA) is 75.5 Å². The second-order valence-corrected chi connectivity index (χ2v) is 8.51. The van der Waals surface area contributed by atoms with Gasteiger partial charge in [0.05, 0.1) is 24.3 Å². The fourth-order valence-electron chi connectivity index (χ4n) is 4.69. The Morgan fingerprint density at radius 3 is 2.65 bits per heavy atom. The van der Waals surface area contributed by atoms with Crippen LogP contribution in [0.3, 0.4) is 0 Å². The van der Waals surface area contributed by atoms with Crippen LogP contribution in [0.25, 0.3) is 0 Å². The summed E-state index contributed by atoms with van der Waals surface area (Å²) < 4.78 is 1.93. The van der Waals surface area contributed by atoms with Gasteiger partial charge in [-0.15, -0.1) is 5.10 Å². The van der Waals surface area contributed by atoms with Crippen molar-refractivity contribution in [3.63, 3.8) is 0 Å². The second-order valence-electron chi connectivity index (χ2n) is 8.51. The number of aromatic amines is 1. The number of aromatic nitrogens is 6. The molecule has 0 saturated heterocycles. The van der Waals surface area contributed by atoms with Crippen LogP contribution in [0.5, 0.6) is 0 Å². The fraction of sp³-hybridized carbons (Fsp3) is 0.333. The van der Waals surface area contributed by atoms with Crippen LogP contribution in [0.4, 0.5) is 0 Å². The van der Waals surface area contributed by atoms with Gasteiger partial charge in [0.1, 0.15) is 0 Å². The monoisotopic (exact) mass is 413 g/mol.